The molecular weight excluding hydrogens is 1620 g/mol. The number of hydrogen-bond donors (Lipinski definition) is 1. The predicted octanol–water partition coefficient (Wildman–Crippen LogP) is 32.1. The van der Waals surface area contributed by atoms with Crippen LogP contribution >= 0.6 is 40.2 Å². The van der Waals surface area contributed by atoms with E-state index in [4.69, 9.17) is 25.8 Å². The molecule has 0 radical (unpaired) electrons. The number of nitriles is 1. The summed E-state index contributed by atoms with van der Waals surface area (Å²) >= 11 is 14.3. The minimum atomic E-state index is -5.01. The Morgan fingerprint density at radius 2 is 0.900 bits per heavy atom. The maximum absolute atomic E-state index is 15.7. The molecule has 15 heteroatoms. The van der Waals surface area contributed by atoms with E-state index in [9.17, 15) is 18.4 Å². The Balaban J connectivity index is 0.702. The SMILES string of the molecule is CCCCc1cc(-c2ccc(-c3ccc(-c4ccc(-c5ccc(-c6ccc(-c7ccc(-c8ccc(-c9ccccc9Cl)cc8F)cc7Br)cc6C#N)cc5C)cc4CC)cc3CCC)cc2C(C)C)ccc1-c1ccc(-c2ccc(-c3ccc(-c4ccc(-c5cccc(OCS)c5)c(OC(F)(F)F)c4)c(OC(C)C)c3)c(OC)c2)c(C(F)(F)F)c1. The van der Waals surface area contributed by atoms with E-state index in [1.165, 1.54) is 53.6 Å². The van der Waals surface area contributed by atoms with E-state index < -0.39 is 23.9 Å². The van der Waals surface area contributed by atoms with Gasteiger partial charge in [0.05, 0.1) is 30.4 Å². The highest BCUT2D eigenvalue weighted by atomic mass is 79.9. The van der Waals surface area contributed by atoms with E-state index in [0.717, 1.165) is 120 Å². The molecule has 0 unspecified atom stereocenters. The standard InChI is InChI=1S/C105H88BrClF7NO4S/c1-10-13-18-67-50-72(26-38-86(67)75-29-41-89(97(54-75)104(109,110)111)78-32-44-93(101(57-78)116-9)79-33-45-94(102(58-79)118-63(6)7)80-34-46-95(103(59-80)119-105(112,113)114)68-19-16-20-82(52-68)117-61-120)88-40-28-74(53-96(88)62(4)5)85-37-25-71(49-66(85)17-11-2)84-36-24-70(48-65(84)12-3)83-35-23-69(47-64(83)8)87-39-27-73(51-81(87)60-115)90-42-30-76(55-98(90)106)92-43-31-77(56-100(92)108)91-21-14-15-22-99(91)107/h14-16,19-59,62-63,120H,10-13,17-18,61H2,1-9H3. The zero-order chi connectivity index (χ0) is 84.8. The molecule has 0 amide bonds. The van der Waals surface area contributed by atoms with Crippen molar-refractivity contribution in [2.24, 2.45) is 0 Å². The van der Waals surface area contributed by atoms with Crippen molar-refractivity contribution in [2.75, 3.05) is 13.0 Å². The molecule has 0 aromatic heterocycles. The lowest BCUT2D eigenvalue weighted by Gasteiger charge is -2.20. The lowest BCUT2D eigenvalue weighted by Crippen LogP contribution is -2.17. The van der Waals surface area contributed by atoms with Gasteiger partial charge in [-0.1, -0.05) is 281 Å². The van der Waals surface area contributed by atoms with Crippen molar-refractivity contribution in [3.63, 3.8) is 0 Å². The molecule has 0 aliphatic carbocycles. The van der Waals surface area contributed by atoms with Crippen molar-refractivity contribution >= 4 is 40.2 Å². The van der Waals surface area contributed by atoms with Crippen molar-refractivity contribution in [1.29, 1.82) is 5.26 Å². The number of nitrogens with zero attached hydrogens (tertiary/aromatic N) is 1. The molecule has 0 bridgehead atoms. The third-order valence-electron chi connectivity index (χ3n) is 22.1. The number of hydrogen-bond acceptors (Lipinski definition) is 6. The monoisotopic (exact) mass is 1710 g/mol. The third kappa shape index (κ3) is 18.6. The first-order valence-electron chi connectivity index (χ1n) is 40.2. The Morgan fingerprint density at radius 1 is 0.433 bits per heavy atom. The predicted molar refractivity (Wildman–Crippen MR) is 484 cm³/mol. The first kappa shape index (κ1) is 84.8. The summed E-state index contributed by atoms with van der Waals surface area (Å²) in [5.41, 5.74) is 24.4. The molecule has 14 aromatic carbocycles. The highest BCUT2D eigenvalue weighted by Crippen LogP contribution is 2.49. The lowest BCUT2D eigenvalue weighted by atomic mass is 9.85. The van der Waals surface area contributed by atoms with Crippen LogP contribution in [0.5, 0.6) is 23.0 Å². The Hall–Kier alpha value is -11.6. The second-order valence-corrected chi connectivity index (χ2v) is 32.2. The summed E-state index contributed by atoms with van der Waals surface area (Å²) < 4.78 is 128. The van der Waals surface area contributed by atoms with E-state index in [1.54, 1.807) is 91.0 Å². The molecule has 14 rings (SSSR count). The fourth-order valence-electron chi connectivity index (χ4n) is 16.2. The van der Waals surface area contributed by atoms with Crippen LogP contribution in [0.25, 0.3) is 145 Å². The summed E-state index contributed by atoms with van der Waals surface area (Å²) in [7, 11) is 1.45. The topological polar surface area (TPSA) is 60.7 Å². The van der Waals surface area contributed by atoms with Crippen LogP contribution in [0.2, 0.25) is 5.02 Å². The van der Waals surface area contributed by atoms with Gasteiger partial charge in [0.2, 0.25) is 0 Å². The zero-order valence-electron chi connectivity index (χ0n) is 67.9. The molecule has 14 aromatic rings. The second-order valence-electron chi connectivity index (χ2n) is 30.7. The normalized spacial score (nSPS) is 11.7. The van der Waals surface area contributed by atoms with Crippen LogP contribution in [0.3, 0.4) is 0 Å². The summed E-state index contributed by atoms with van der Waals surface area (Å²) in [6.45, 7) is 16.7. The number of benzene rings is 14. The number of ether oxygens (including phenoxy) is 4. The second kappa shape index (κ2) is 36.5. The highest BCUT2D eigenvalue weighted by molar-refractivity contribution is 9.10. The van der Waals surface area contributed by atoms with Gasteiger partial charge in [0.15, 0.2) is 0 Å². The summed E-state index contributed by atoms with van der Waals surface area (Å²) in [4.78, 5) is 0. The van der Waals surface area contributed by atoms with Gasteiger partial charge in [-0.25, -0.2) is 4.39 Å². The van der Waals surface area contributed by atoms with Gasteiger partial charge < -0.3 is 18.9 Å². The minimum Gasteiger partial charge on any atom is -0.496 e. The summed E-state index contributed by atoms with van der Waals surface area (Å²) in [5, 5.41) is 11.2. The number of aryl methyl sites for hydroxylation is 4. The Labute approximate surface area is 716 Å². The lowest BCUT2D eigenvalue weighted by molar-refractivity contribution is -0.274. The summed E-state index contributed by atoms with van der Waals surface area (Å²) in [6.07, 6.45) is -5.12. The molecule has 606 valence electrons. The van der Waals surface area contributed by atoms with Crippen LogP contribution in [0, 0.1) is 24.1 Å². The van der Waals surface area contributed by atoms with Gasteiger partial charge in [-0.15, -0.1) is 25.8 Å². The molecule has 0 aliphatic heterocycles. The fourth-order valence-corrected chi connectivity index (χ4v) is 17.2. The van der Waals surface area contributed by atoms with Crippen LogP contribution < -0.4 is 18.9 Å². The summed E-state index contributed by atoms with van der Waals surface area (Å²) in [5.74, 6) is 0.451. The highest BCUT2D eigenvalue weighted by Gasteiger charge is 2.36. The zero-order valence-corrected chi connectivity index (χ0v) is 71.2. The van der Waals surface area contributed by atoms with E-state index in [2.05, 4.69) is 160 Å². The van der Waals surface area contributed by atoms with Gasteiger partial charge >= 0.3 is 12.5 Å². The quantitative estimate of drug-likeness (QED) is 0.0333. The van der Waals surface area contributed by atoms with Crippen molar-refractivity contribution in [1.82, 2.24) is 0 Å². The van der Waals surface area contributed by atoms with E-state index in [0.29, 0.717) is 78.6 Å². The van der Waals surface area contributed by atoms with Gasteiger partial charge in [0.1, 0.15) is 34.8 Å². The van der Waals surface area contributed by atoms with Gasteiger partial charge in [-0.05, 0) is 258 Å². The van der Waals surface area contributed by atoms with Gasteiger partial charge in [0, 0.05) is 37.3 Å². The molecule has 0 heterocycles. The number of methoxy groups -OCH3 is 1. The van der Waals surface area contributed by atoms with E-state index in [1.807, 2.05) is 86.6 Å². The van der Waals surface area contributed by atoms with Crippen LogP contribution in [0.15, 0.2) is 271 Å². The first-order valence-corrected chi connectivity index (χ1v) is 42.0. The maximum Gasteiger partial charge on any atom is 0.573 e. The van der Waals surface area contributed by atoms with Crippen molar-refractivity contribution in [3.05, 3.63) is 321 Å². The molecule has 0 atom stereocenters. The molecular formula is C105H88BrClF7NO4S. The van der Waals surface area contributed by atoms with Crippen LogP contribution in [-0.4, -0.2) is 25.5 Å². The first-order chi connectivity index (χ1) is 57.7. The van der Waals surface area contributed by atoms with Gasteiger partial charge in [0.25, 0.3) is 0 Å². The van der Waals surface area contributed by atoms with Crippen LogP contribution in [-0.2, 0) is 25.4 Å². The molecule has 5 nitrogen and oxygen atoms in total. The molecule has 0 saturated heterocycles. The fraction of sp³-hybridized carbons (Fsp3) is 0.190. The number of rotatable bonds is 26. The van der Waals surface area contributed by atoms with Crippen molar-refractivity contribution in [2.45, 2.75) is 118 Å². The smallest absolute Gasteiger partial charge is 0.496 e. The third-order valence-corrected chi connectivity index (χ3v) is 23.2. The minimum absolute atomic E-state index is 0.0275. The summed E-state index contributed by atoms with van der Waals surface area (Å²) in [6, 6.07) is 85.4. The molecule has 0 N–H and O–H groups in total. The average molecular weight is 1710 g/mol. The van der Waals surface area contributed by atoms with Gasteiger partial charge in [-0.3, -0.25) is 0 Å². The number of halogens is 9. The van der Waals surface area contributed by atoms with Gasteiger partial charge in [-0.2, -0.15) is 18.4 Å². The Morgan fingerprint density at radius 3 is 1.47 bits per heavy atom. The van der Waals surface area contributed by atoms with Crippen LogP contribution in [0.4, 0.5) is 30.7 Å². The molecule has 120 heavy (non-hydrogen) atoms. The number of unbranched alkanes of at least 4 members (excludes halogenated alkanes) is 1. The Kier molecular flexibility index (Phi) is 25.8. The number of alkyl halides is 6. The number of thiol groups is 1. The van der Waals surface area contributed by atoms with E-state index in [-0.39, 0.29) is 46.2 Å². The average Bonchev–Trinajstić information content (AvgIpc) is 0.775. The van der Waals surface area contributed by atoms with Crippen molar-refractivity contribution in [3.8, 4) is 174 Å². The molecule has 0 aliphatic rings. The Bertz CT molecular complexity index is 6240. The maximum atomic E-state index is 15.7. The molecule has 0 spiro atoms. The van der Waals surface area contributed by atoms with Crippen LogP contribution in [0.1, 0.15) is 113 Å². The molecule has 0 saturated carbocycles. The van der Waals surface area contributed by atoms with E-state index >= 15 is 17.6 Å². The molecule has 0 fully saturated rings. The van der Waals surface area contributed by atoms with Crippen molar-refractivity contribution < 1.29 is 49.7 Å². The largest absolute Gasteiger partial charge is 0.573 e.